The van der Waals surface area contributed by atoms with Gasteiger partial charge in [0.2, 0.25) is 0 Å². The number of carbonyl (C=O) groups is 1. The quantitative estimate of drug-likeness (QED) is 0.615. The number of rotatable bonds is 6. The smallest absolute Gasteiger partial charge is 0.416 e. The summed E-state index contributed by atoms with van der Waals surface area (Å²) in [6, 6.07) is 4.04. The van der Waals surface area contributed by atoms with E-state index in [2.05, 4.69) is 15.6 Å². The van der Waals surface area contributed by atoms with Crippen molar-refractivity contribution < 1.29 is 27.4 Å². The average Bonchev–Trinajstić information content (AvgIpc) is 3.19. The third-order valence-electron chi connectivity index (χ3n) is 4.69. The fourth-order valence-electron chi connectivity index (χ4n) is 3.13. The highest BCUT2D eigenvalue weighted by Gasteiger charge is 2.31. The Morgan fingerprint density at radius 3 is 2.73 bits per heavy atom. The maximum absolute atomic E-state index is 13.1. The summed E-state index contributed by atoms with van der Waals surface area (Å²) in [5.74, 6) is 0.215. The second kappa shape index (κ2) is 8.78. The number of nitrogen functional groups attached to an aromatic ring is 1. The van der Waals surface area contributed by atoms with Crippen LogP contribution in [0.5, 0.6) is 5.75 Å². The molecule has 162 valence electrons. The highest BCUT2D eigenvalue weighted by atomic mass is 19.4. The number of alkyl halides is 3. The first-order valence-electron chi connectivity index (χ1n) is 9.38. The van der Waals surface area contributed by atoms with Crippen molar-refractivity contribution in [1.82, 2.24) is 10.3 Å². The number of hydrogen-bond acceptors (Lipinski definition) is 6. The third kappa shape index (κ3) is 5.12. The first kappa shape index (κ1) is 21.7. The molecule has 0 saturated carbocycles. The van der Waals surface area contributed by atoms with Gasteiger partial charge in [0.1, 0.15) is 17.7 Å². The number of carbonyl (C=O) groups excluding carboxylic acids is 1. The SMILES string of the molecule is CNc1ncc(O[C@H]2CCOC2)cc1C(=O)NC(C)c1cc(N)cc(C(F)(F)F)c1. The zero-order chi connectivity index (χ0) is 21.9. The van der Waals surface area contributed by atoms with Gasteiger partial charge < -0.3 is 25.8 Å². The lowest BCUT2D eigenvalue weighted by atomic mass is 10.0. The molecule has 2 heterocycles. The molecule has 1 aromatic carbocycles. The van der Waals surface area contributed by atoms with E-state index in [9.17, 15) is 18.0 Å². The lowest BCUT2D eigenvalue weighted by molar-refractivity contribution is -0.137. The first-order valence-corrected chi connectivity index (χ1v) is 9.38. The lowest BCUT2D eigenvalue weighted by Gasteiger charge is -2.19. The number of nitrogens with two attached hydrogens (primary N) is 1. The Morgan fingerprint density at radius 1 is 1.33 bits per heavy atom. The molecule has 1 saturated heterocycles. The van der Waals surface area contributed by atoms with Crippen LogP contribution in [0.25, 0.3) is 0 Å². The maximum atomic E-state index is 13.1. The van der Waals surface area contributed by atoms with Crippen LogP contribution in [0.3, 0.4) is 0 Å². The normalized spacial score (nSPS) is 17.4. The molecule has 30 heavy (non-hydrogen) atoms. The first-order chi connectivity index (χ1) is 14.2. The minimum absolute atomic E-state index is 0.0346. The van der Waals surface area contributed by atoms with Gasteiger partial charge in [0.05, 0.1) is 36.6 Å². The van der Waals surface area contributed by atoms with E-state index in [1.807, 2.05) is 0 Å². The Bertz CT molecular complexity index is 915. The molecule has 7 nitrogen and oxygen atoms in total. The monoisotopic (exact) mass is 424 g/mol. The van der Waals surface area contributed by atoms with Gasteiger partial charge in [-0.3, -0.25) is 4.79 Å². The number of nitrogens with one attached hydrogen (secondary N) is 2. The molecule has 0 radical (unpaired) electrons. The van der Waals surface area contributed by atoms with Gasteiger partial charge in [0.25, 0.3) is 5.91 Å². The molecule has 10 heteroatoms. The zero-order valence-electron chi connectivity index (χ0n) is 16.5. The molecule has 1 fully saturated rings. The van der Waals surface area contributed by atoms with Crippen molar-refractivity contribution in [2.75, 3.05) is 31.3 Å². The Balaban J connectivity index is 1.80. The van der Waals surface area contributed by atoms with Crippen molar-refractivity contribution in [3.8, 4) is 5.75 Å². The number of amides is 1. The number of aromatic nitrogens is 1. The molecule has 0 spiro atoms. The van der Waals surface area contributed by atoms with Gasteiger partial charge in [-0.05, 0) is 36.8 Å². The van der Waals surface area contributed by atoms with Gasteiger partial charge in [0.15, 0.2) is 0 Å². The zero-order valence-corrected chi connectivity index (χ0v) is 16.5. The predicted molar refractivity (Wildman–Crippen MR) is 105 cm³/mol. The Labute approximate surface area is 171 Å². The van der Waals surface area contributed by atoms with E-state index in [1.165, 1.54) is 12.3 Å². The summed E-state index contributed by atoms with van der Waals surface area (Å²) in [7, 11) is 1.61. The highest BCUT2D eigenvalue weighted by molar-refractivity contribution is 5.99. The van der Waals surface area contributed by atoms with Crippen LogP contribution < -0.4 is 21.1 Å². The molecular weight excluding hydrogens is 401 g/mol. The second-order valence-corrected chi connectivity index (χ2v) is 7.00. The summed E-state index contributed by atoms with van der Waals surface area (Å²) >= 11 is 0. The Kier molecular flexibility index (Phi) is 6.35. The number of ether oxygens (including phenoxy) is 2. The molecule has 3 rings (SSSR count). The highest BCUT2D eigenvalue weighted by Crippen LogP contribution is 2.33. The van der Waals surface area contributed by atoms with E-state index in [0.29, 0.717) is 24.8 Å². The van der Waals surface area contributed by atoms with E-state index in [4.69, 9.17) is 15.2 Å². The molecule has 1 unspecified atom stereocenters. The van der Waals surface area contributed by atoms with E-state index >= 15 is 0 Å². The Hall–Kier alpha value is -3.01. The molecule has 2 atom stereocenters. The van der Waals surface area contributed by atoms with E-state index in [0.717, 1.165) is 18.6 Å². The molecule has 2 aromatic rings. The number of pyridine rings is 1. The third-order valence-corrected chi connectivity index (χ3v) is 4.69. The van der Waals surface area contributed by atoms with E-state index < -0.39 is 23.7 Å². The van der Waals surface area contributed by atoms with Gasteiger partial charge in [-0.2, -0.15) is 13.2 Å². The average molecular weight is 424 g/mol. The van der Waals surface area contributed by atoms with Gasteiger partial charge in [-0.25, -0.2) is 4.98 Å². The van der Waals surface area contributed by atoms with Crippen LogP contribution >= 0.6 is 0 Å². The van der Waals surface area contributed by atoms with Crippen LogP contribution in [0.4, 0.5) is 24.7 Å². The van der Waals surface area contributed by atoms with Crippen molar-refractivity contribution in [3.05, 3.63) is 47.2 Å². The molecule has 1 amide bonds. The summed E-state index contributed by atoms with van der Waals surface area (Å²) < 4.78 is 50.3. The number of anilines is 2. The summed E-state index contributed by atoms with van der Waals surface area (Å²) in [6.45, 7) is 2.65. The van der Waals surface area contributed by atoms with E-state index in [-0.39, 0.29) is 22.9 Å². The van der Waals surface area contributed by atoms with Crippen molar-refractivity contribution in [3.63, 3.8) is 0 Å². The number of benzene rings is 1. The summed E-state index contributed by atoms with van der Waals surface area (Å²) in [5, 5.41) is 5.52. The topological polar surface area (TPSA) is 98.5 Å². The van der Waals surface area contributed by atoms with E-state index in [1.54, 1.807) is 20.0 Å². The van der Waals surface area contributed by atoms with Crippen LogP contribution in [0.15, 0.2) is 30.5 Å². The van der Waals surface area contributed by atoms with Gasteiger partial charge in [0, 0.05) is 19.2 Å². The summed E-state index contributed by atoms with van der Waals surface area (Å²) in [4.78, 5) is 17.0. The molecule has 1 aliphatic heterocycles. The molecule has 1 aromatic heterocycles. The van der Waals surface area contributed by atoms with Crippen LogP contribution in [-0.2, 0) is 10.9 Å². The fraction of sp³-hybridized carbons (Fsp3) is 0.400. The van der Waals surface area contributed by atoms with Gasteiger partial charge >= 0.3 is 6.18 Å². The fourth-order valence-corrected chi connectivity index (χ4v) is 3.13. The van der Waals surface area contributed by atoms with Crippen LogP contribution in [0.1, 0.15) is 40.9 Å². The molecular formula is C20H23F3N4O3. The predicted octanol–water partition coefficient (Wildman–Crippen LogP) is 3.38. The lowest BCUT2D eigenvalue weighted by Crippen LogP contribution is -2.28. The molecule has 1 aliphatic rings. The van der Waals surface area contributed by atoms with Crippen LogP contribution in [0.2, 0.25) is 0 Å². The van der Waals surface area contributed by atoms with Crippen molar-refractivity contribution >= 4 is 17.4 Å². The van der Waals surface area contributed by atoms with Crippen LogP contribution in [-0.4, -0.2) is 37.3 Å². The standard InChI is InChI=1S/C20H23F3N4O3/c1-11(12-5-13(20(21,22)23)7-14(24)6-12)27-19(28)17-8-16(9-26-18(17)25-2)30-15-3-4-29-10-15/h5-9,11,15H,3-4,10,24H2,1-2H3,(H,25,26)(H,27,28)/t11?,15-/m0/s1. The van der Waals surface area contributed by atoms with Crippen LogP contribution in [0, 0.1) is 0 Å². The second-order valence-electron chi connectivity index (χ2n) is 7.00. The van der Waals surface area contributed by atoms with Crippen molar-refractivity contribution in [2.45, 2.75) is 31.7 Å². The van der Waals surface area contributed by atoms with Crippen molar-refractivity contribution in [1.29, 1.82) is 0 Å². The van der Waals surface area contributed by atoms with Crippen molar-refractivity contribution in [2.24, 2.45) is 0 Å². The molecule has 0 aliphatic carbocycles. The number of halogens is 3. The maximum Gasteiger partial charge on any atom is 0.416 e. The largest absolute Gasteiger partial charge is 0.486 e. The summed E-state index contributed by atoms with van der Waals surface area (Å²) in [5.41, 5.74) is 5.16. The molecule has 4 N–H and O–H groups in total. The summed E-state index contributed by atoms with van der Waals surface area (Å²) in [6.07, 6.45) is -2.41. The minimum atomic E-state index is -4.54. The minimum Gasteiger partial charge on any atom is -0.486 e. The molecule has 0 bridgehead atoms. The Morgan fingerprint density at radius 2 is 2.10 bits per heavy atom. The van der Waals surface area contributed by atoms with Gasteiger partial charge in [-0.1, -0.05) is 0 Å². The number of nitrogens with zero attached hydrogens (tertiary/aromatic N) is 1. The van der Waals surface area contributed by atoms with Gasteiger partial charge in [-0.15, -0.1) is 0 Å². The number of hydrogen-bond donors (Lipinski definition) is 3.